The van der Waals surface area contributed by atoms with Gasteiger partial charge in [-0.2, -0.15) is 4.98 Å². The summed E-state index contributed by atoms with van der Waals surface area (Å²) in [6.07, 6.45) is 0.329. The van der Waals surface area contributed by atoms with E-state index < -0.39 is 0 Å². The maximum absolute atomic E-state index is 12.5. The summed E-state index contributed by atoms with van der Waals surface area (Å²) in [6, 6.07) is 11.3. The third kappa shape index (κ3) is 3.36. The van der Waals surface area contributed by atoms with Crippen LogP contribution >= 0.6 is 11.6 Å². The van der Waals surface area contributed by atoms with Crippen LogP contribution in [0.3, 0.4) is 0 Å². The fraction of sp³-hybridized carbons (Fsp3) is 0.286. The van der Waals surface area contributed by atoms with Gasteiger partial charge in [-0.05, 0) is 55.3 Å². The molecular weight excluding hydrogens is 378 g/mol. The highest BCUT2D eigenvalue weighted by molar-refractivity contribution is 6.32. The Balaban J connectivity index is 1.55. The Morgan fingerprint density at radius 3 is 2.71 bits per heavy atom. The van der Waals surface area contributed by atoms with Crippen molar-refractivity contribution in [1.29, 1.82) is 0 Å². The fourth-order valence-electron chi connectivity index (χ4n) is 3.35. The van der Waals surface area contributed by atoms with E-state index in [1.807, 2.05) is 31.2 Å². The van der Waals surface area contributed by atoms with Crippen LogP contribution in [0.15, 0.2) is 40.9 Å². The number of rotatable bonds is 4. The normalized spacial score (nSPS) is 16.6. The van der Waals surface area contributed by atoms with Gasteiger partial charge in [0, 0.05) is 30.1 Å². The van der Waals surface area contributed by atoms with Gasteiger partial charge >= 0.3 is 0 Å². The summed E-state index contributed by atoms with van der Waals surface area (Å²) < 4.78 is 10.6. The van der Waals surface area contributed by atoms with Gasteiger partial charge in [-0.3, -0.25) is 4.79 Å². The minimum atomic E-state index is -0.127. The molecule has 7 heteroatoms. The Morgan fingerprint density at radius 1 is 1.18 bits per heavy atom. The Hall–Kier alpha value is -2.86. The maximum atomic E-state index is 12.5. The molecule has 1 unspecified atom stereocenters. The molecule has 2 aromatic carbocycles. The van der Waals surface area contributed by atoms with Gasteiger partial charge < -0.3 is 14.2 Å². The average molecular weight is 398 g/mol. The van der Waals surface area contributed by atoms with E-state index in [1.54, 1.807) is 24.1 Å². The summed E-state index contributed by atoms with van der Waals surface area (Å²) in [6.45, 7) is 4.58. The zero-order valence-electron chi connectivity index (χ0n) is 15.9. The molecule has 0 spiro atoms. The molecule has 0 radical (unpaired) electrons. The summed E-state index contributed by atoms with van der Waals surface area (Å²) in [5.74, 6) is 1.46. The highest BCUT2D eigenvalue weighted by Crippen LogP contribution is 2.35. The maximum Gasteiger partial charge on any atom is 0.257 e. The number of amides is 1. The fourth-order valence-corrected chi connectivity index (χ4v) is 3.60. The number of benzene rings is 2. The number of hydrogen-bond donors (Lipinski definition) is 0. The minimum absolute atomic E-state index is 0.00349. The van der Waals surface area contributed by atoms with Crippen LogP contribution < -0.4 is 9.64 Å². The van der Waals surface area contributed by atoms with Gasteiger partial charge in [0.05, 0.1) is 12.1 Å². The Labute approximate surface area is 168 Å². The number of hydrogen-bond acceptors (Lipinski definition) is 5. The predicted molar refractivity (Wildman–Crippen MR) is 107 cm³/mol. The van der Waals surface area contributed by atoms with Crippen LogP contribution in [0.2, 0.25) is 5.02 Å². The first-order valence-corrected chi connectivity index (χ1v) is 9.39. The first-order chi connectivity index (χ1) is 13.5. The number of carbonyl (C=O) groups excluding carboxylic acids is 1. The number of methoxy groups -OCH3 is 1. The lowest BCUT2D eigenvalue weighted by molar-refractivity contribution is -0.117. The molecule has 1 atom stereocenters. The van der Waals surface area contributed by atoms with Gasteiger partial charge in [0.1, 0.15) is 5.75 Å². The molecule has 144 valence electrons. The quantitative estimate of drug-likeness (QED) is 0.646. The second-order valence-corrected chi connectivity index (χ2v) is 7.39. The molecular formula is C21H20ClN3O3. The number of aryl methyl sites for hydroxylation is 2. The van der Waals surface area contributed by atoms with Crippen molar-refractivity contribution in [3.8, 4) is 17.2 Å². The summed E-state index contributed by atoms with van der Waals surface area (Å²) >= 11 is 6.20. The smallest absolute Gasteiger partial charge is 0.257 e. The van der Waals surface area contributed by atoms with E-state index in [2.05, 4.69) is 17.1 Å². The number of carbonyl (C=O) groups is 1. The van der Waals surface area contributed by atoms with Crippen LogP contribution in [-0.2, 0) is 4.79 Å². The average Bonchev–Trinajstić information content (AvgIpc) is 3.31. The molecule has 0 bridgehead atoms. The first kappa shape index (κ1) is 18.5. The number of aromatic nitrogens is 2. The molecule has 1 saturated heterocycles. The summed E-state index contributed by atoms with van der Waals surface area (Å²) in [5.41, 5.74) is 3.98. The predicted octanol–water partition coefficient (Wildman–Crippen LogP) is 4.54. The number of nitrogens with zero attached hydrogens (tertiary/aromatic N) is 3. The molecule has 28 heavy (non-hydrogen) atoms. The van der Waals surface area contributed by atoms with Crippen molar-refractivity contribution in [3.63, 3.8) is 0 Å². The molecule has 1 fully saturated rings. The van der Waals surface area contributed by atoms with Gasteiger partial charge in [-0.1, -0.05) is 22.8 Å². The number of anilines is 1. The zero-order chi connectivity index (χ0) is 19.8. The van der Waals surface area contributed by atoms with E-state index in [0.717, 1.165) is 16.8 Å². The standard InChI is InChI=1S/C21H20ClN3O3/c1-12-4-5-14(8-13(12)2)21-23-20(24-28-21)15-9-19(26)25(11-15)16-6-7-18(27-3)17(22)10-16/h4-8,10,15H,9,11H2,1-3H3. The number of ether oxygens (including phenoxy) is 1. The lowest BCUT2D eigenvalue weighted by atomic mass is 10.1. The van der Waals surface area contributed by atoms with Crippen molar-refractivity contribution in [2.75, 3.05) is 18.6 Å². The molecule has 1 amide bonds. The van der Waals surface area contributed by atoms with E-state index in [9.17, 15) is 4.79 Å². The van der Waals surface area contributed by atoms with Gasteiger partial charge in [-0.25, -0.2) is 0 Å². The van der Waals surface area contributed by atoms with Gasteiger partial charge in [0.2, 0.25) is 5.91 Å². The van der Waals surface area contributed by atoms with Crippen molar-refractivity contribution < 1.29 is 14.1 Å². The molecule has 1 aliphatic heterocycles. The molecule has 1 aliphatic rings. The van der Waals surface area contributed by atoms with Crippen LogP contribution in [0.4, 0.5) is 5.69 Å². The van der Waals surface area contributed by atoms with Gasteiger partial charge in [-0.15, -0.1) is 0 Å². The first-order valence-electron chi connectivity index (χ1n) is 9.01. The minimum Gasteiger partial charge on any atom is -0.495 e. The molecule has 3 aromatic rings. The summed E-state index contributed by atoms with van der Waals surface area (Å²) in [7, 11) is 1.56. The van der Waals surface area contributed by atoms with E-state index in [-0.39, 0.29) is 11.8 Å². The third-order valence-corrected chi connectivity index (χ3v) is 5.43. The third-order valence-electron chi connectivity index (χ3n) is 5.13. The zero-order valence-corrected chi connectivity index (χ0v) is 16.7. The lowest BCUT2D eigenvalue weighted by Crippen LogP contribution is -2.24. The largest absolute Gasteiger partial charge is 0.495 e. The lowest BCUT2D eigenvalue weighted by Gasteiger charge is -2.17. The molecule has 4 rings (SSSR count). The van der Waals surface area contributed by atoms with Crippen molar-refractivity contribution in [2.24, 2.45) is 0 Å². The topological polar surface area (TPSA) is 68.5 Å². The second kappa shape index (κ2) is 7.28. The van der Waals surface area contributed by atoms with Crippen LogP contribution in [-0.4, -0.2) is 29.7 Å². The van der Waals surface area contributed by atoms with E-state index in [1.165, 1.54) is 5.56 Å². The van der Waals surface area contributed by atoms with Crippen molar-refractivity contribution in [3.05, 3.63) is 58.4 Å². The van der Waals surface area contributed by atoms with Crippen LogP contribution in [0, 0.1) is 13.8 Å². The van der Waals surface area contributed by atoms with E-state index in [0.29, 0.717) is 35.5 Å². The van der Waals surface area contributed by atoms with Gasteiger partial charge in [0.25, 0.3) is 5.89 Å². The van der Waals surface area contributed by atoms with Crippen LogP contribution in [0.5, 0.6) is 5.75 Å². The van der Waals surface area contributed by atoms with Gasteiger partial charge in [0.15, 0.2) is 5.82 Å². The summed E-state index contributed by atoms with van der Waals surface area (Å²) in [4.78, 5) is 18.8. The van der Waals surface area contributed by atoms with E-state index in [4.69, 9.17) is 20.9 Å². The summed E-state index contributed by atoms with van der Waals surface area (Å²) in [5, 5.41) is 4.59. The highest BCUT2D eigenvalue weighted by Gasteiger charge is 2.35. The molecule has 0 saturated carbocycles. The molecule has 0 aliphatic carbocycles. The van der Waals surface area contributed by atoms with E-state index >= 15 is 0 Å². The van der Waals surface area contributed by atoms with Crippen molar-refractivity contribution in [2.45, 2.75) is 26.2 Å². The van der Waals surface area contributed by atoms with Crippen LogP contribution in [0.1, 0.15) is 29.3 Å². The van der Waals surface area contributed by atoms with Crippen LogP contribution in [0.25, 0.3) is 11.5 Å². The number of halogens is 1. The monoisotopic (exact) mass is 397 g/mol. The van der Waals surface area contributed by atoms with Crippen molar-refractivity contribution in [1.82, 2.24) is 10.1 Å². The Kier molecular flexibility index (Phi) is 4.81. The second-order valence-electron chi connectivity index (χ2n) is 6.98. The molecule has 0 N–H and O–H groups in total. The molecule has 6 nitrogen and oxygen atoms in total. The molecule has 2 heterocycles. The SMILES string of the molecule is COc1ccc(N2CC(c3noc(-c4ccc(C)c(C)c4)n3)CC2=O)cc1Cl. The highest BCUT2D eigenvalue weighted by atomic mass is 35.5. The van der Waals surface area contributed by atoms with Crippen molar-refractivity contribution >= 4 is 23.2 Å². The molecule has 1 aromatic heterocycles. The Bertz CT molecular complexity index is 1050. The Morgan fingerprint density at radius 2 is 2.00 bits per heavy atom.